The van der Waals surface area contributed by atoms with Crippen LogP contribution >= 0.6 is 0 Å². The first-order chi connectivity index (χ1) is 12.2. The van der Waals surface area contributed by atoms with Crippen LogP contribution in [-0.2, 0) is 0 Å². The van der Waals surface area contributed by atoms with Gasteiger partial charge in [-0.15, -0.1) is 0 Å². The van der Waals surface area contributed by atoms with Gasteiger partial charge >= 0.3 is 0 Å². The fraction of sp³-hybridized carbons (Fsp3) is 0.0952. The molecule has 0 unspecified atom stereocenters. The minimum absolute atomic E-state index is 0.0439. The summed E-state index contributed by atoms with van der Waals surface area (Å²) in [4.78, 5) is 0. The van der Waals surface area contributed by atoms with Crippen LogP contribution in [0.2, 0.25) is 0 Å². The highest BCUT2D eigenvalue weighted by atomic mass is 19.1. The van der Waals surface area contributed by atoms with E-state index in [0.29, 0.717) is 6.42 Å². The Bertz CT molecular complexity index is 907. The molecule has 1 N–H and O–H groups in total. The molecule has 1 heterocycles. The van der Waals surface area contributed by atoms with Gasteiger partial charge in [0.2, 0.25) is 0 Å². The third kappa shape index (κ3) is 2.98. The maximum atomic E-state index is 13.3. The van der Waals surface area contributed by atoms with Gasteiger partial charge in [-0.2, -0.15) is 5.10 Å². The van der Waals surface area contributed by atoms with Crippen molar-refractivity contribution >= 4 is 11.4 Å². The third-order valence-corrected chi connectivity index (χ3v) is 4.40. The first-order valence-electron chi connectivity index (χ1n) is 8.18. The highest BCUT2D eigenvalue weighted by molar-refractivity contribution is 6.05. The first-order valence-corrected chi connectivity index (χ1v) is 8.18. The zero-order valence-electron chi connectivity index (χ0n) is 13.5. The van der Waals surface area contributed by atoms with Gasteiger partial charge in [0.25, 0.3) is 0 Å². The van der Waals surface area contributed by atoms with Crippen molar-refractivity contribution < 1.29 is 9.50 Å². The molecule has 0 amide bonds. The van der Waals surface area contributed by atoms with E-state index in [1.807, 2.05) is 47.5 Å². The van der Waals surface area contributed by atoms with E-state index in [1.54, 1.807) is 24.3 Å². The first kappa shape index (κ1) is 15.4. The summed E-state index contributed by atoms with van der Waals surface area (Å²) in [6.07, 6.45) is 0.637. The number of hydrazone groups is 1. The largest absolute Gasteiger partial charge is 0.507 e. The molecule has 1 atom stereocenters. The SMILES string of the molecule is Oc1ccccc1C1=NN(c2ccccc2)[C@@H](c2ccc(F)cc2)C1. The van der Waals surface area contributed by atoms with Gasteiger partial charge in [-0.1, -0.05) is 42.5 Å². The number of halogens is 1. The molecule has 0 aliphatic carbocycles. The van der Waals surface area contributed by atoms with Crippen LogP contribution in [0.1, 0.15) is 23.6 Å². The Morgan fingerprint density at radius 2 is 1.56 bits per heavy atom. The molecule has 124 valence electrons. The van der Waals surface area contributed by atoms with Crippen LogP contribution in [0, 0.1) is 5.82 Å². The highest BCUT2D eigenvalue weighted by Crippen LogP contribution is 2.37. The molecule has 1 aliphatic rings. The lowest BCUT2D eigenvalue weighted by molar-refractivity contribution is 0.474. The number of nitrogens with zero attached hydrogens (tertiary/aromatic N) is 2. The Balaban J connectivity index is 1.77. The van der Waals surface area contributed by atoms with Gasteiger partial charge in [-0.25, -0.2) is 4.39 Å². The van der Waals surface area contributed by atoms with Gasteiger partial charge in [-0.3, -0.25) is 5.01 Å². The lowest BCUT2D eigenvalue weighted by atomic mass is 9.97. The van der Waals surface area contributed by atoms with Crippen molar-refractivity contribution in [1.29, 1.82) is 0 Å². The maximum absolute atomic E-state index is 13.3. The van der Waals surface area contributed by atoms with Crippen molar-refractivity contribution in [3.63, 3.8) is 0 Å². The predicted molar refractivity (Wildman–Crippen MR) is 97.3 cm³/mol. The summed E-state index contributed by atoms with van der Waals surface area (Å²) in [6.45, 7) is 0. The molecule has 0 radical (unpaired) electrons. The van der Waals surface area contributed by atoms with Crippen LogP contribution < -0.4 is 5.01 Å². The van der Waals surface area contributed by atoms with Crippen molar-refractivity contribution in [2.75, 3.05) is 5.01 Å². The quantitative estimate of drug-likeness (QED) is 0.741. The minimum atomic E-state index is -0.255. The van der Waals surface area contributed by atoms with Gasteiger partial charge in [0.15, 0.2) is 0 Å². The zero-order valence-corrected chi connectivity index (χ0v) is 13.5. The number of aromatic hydroxyl groups is 1. The normalized spacial score (nSPS) is 16.8. The van der Waals surface area contributed by atoms with Crippen LogP contribution in [0.4, 0.5) is 10.1 Å². The number of hydrogen-bond donors (Lipinski definition) is 1. The van der Waals surface area contributed by atoms with Crippen molar-refractivity contribution in [2.24, 2.45) is 5.10 Å². The molecule has 3 aromatic carbocycles. The molecule has 0 fully saturated rings. The van der Waals surface area contributed by atoms with E-state index in [2.05, 4.69) is 0 Å². The lowest BCUT2D eigenvalue weighted by Gasteiger charge is -2.23. The number of phenols is 1. The summed E-state index contributed by atoms with van der Waals surface area (Å²) < 4.78 is 13.3. The molecule has 3 aromatic rings. The standard InChI is InChI=1S/C21H17FN2O/c22-16-12-10-15(11-13-16)20-14-19(18-8-4-5-9-21(18)25)23-24(20)17-6-2-1-3-7-17/h1-13,20,25H,14H2/t20-/m1/s1. The van der Waals surface area contributed by atoms with E-state index in [1.165, 1.54) is 12.1 Å². The van der Waals surface area contributed by atoms with E-state index >= 15 is 0 Å². The van der Waals surface area contributed by atoms with Gasteiger partial charge in [0.05, 0.1) is 17.4 Å². The van der Waals surface area contributed by atoms with E-state index in [4.69, 9.17) is 5.10 Å². The fourth-order valence-electron chi connectivity index (χ4n) is 3.15. The topological polar surface area (TPSA) is 35.8 Å². The zero-order chi connectivity index (χ0) is 17.2. The minimum Gasteiger partial charge on any atom is -0.507 e. The molecule has 3 nitrogen and oxygen atoms in total. The smallest absolute Gasteiger partial charge is 0.124 e. The van der Waals surface area contributed by atoms with Crippen LogP contribution in [0.3, 0.4) is 0 Å². The summed E-state index contributed by atoms with van der Waals surface area (Å²) in [5.41, 5.74) is 3.49. The average molecular weight is 332 g/mol. The van der Waals surface area contributed by atoms with Crippen molar-refractivity contribution in [3.05, 3.63) is 95.8 Å². The molecule has 25 heavy (non-hydrogen) atoms. The summed E-state index contributed by atoms with van der Waals surface area (Å²) in [5.74, 6) is -0.0381. The number of hydrogen-bond acceptors (Lipinski definition) is 3. The number of benzene rings is 3. The summed E-state index contributed by atoms with van der Waals surface area (Å²) in [6, 6.07) is 23.6. The van der Waals surface area contributed by atoms with Gasteiger partial charge in [0.1, 0.15) is 11.6 Å². The molecule has 0 saturated carbocycles. The Morgan fingerprint density at radius 1 is 0.880 bits per heavy atom. The number of phenolic OH excluding ortho intramolecular Hbond substituents is 1. The van der Waals surface area contributed by atoms with E-state index in [-0.39, 0.29) is 17.6 Å². The Kier molecular flexibility index (Phi) is 3.94. The highest BCUT2D eigenvalue weighted by Gasteiger charge is 2.30. The van der Waals surface area contributed by atoms with Gasteiger partial charge in [0, 0.05) is 12.0 Å². The second-order valence-corrected chi connectivity index (χ2v) is 6.02. The summed E-state index contributed by atoms with van der Waals surface area (Å²) in [7, 11) is 0. The van der Waals surface area contributed by atoms with Crippen LogP contribution in [0.25, 0.3) is 0 Å². The van der Waals surface area contributed by atoms with Crippen LogP contribution in [0.15, 0.2) is 84.0 Å². The summed E-state index contributed by atoms with van der Waals surface area (Å²) >= 11 is 0. The summed E-state index contributed by atoms with van der Waals surface area (Å²) in [5, 5.41) is 16.9. The Morgan fingerprint density at radius 3 is 2.28 bits per heavy atom. The molecule has 0 aromatic heterocycles. The second-order valence-electron chi connectivity index (χ2n) is 6.02. The predicted octanol–water partition coefficient (Wildman–Crippen LogP) is 4.89. The van der Waals surface area contributed by atoms with Crippen molar-refractivity contribution in [2.45, 2.75) is 12.5 Å². The molecule has 0 spiro atoms. The molecule has 1 aliphatic heterocycles. The fourth-order valence-corrected chi connectivity index (χ4v) is 3.15. The molecular weight excluding hydrogens is 315 g/mol. The van der Waals surface area contributed by atoms with Gasteiger partial charge < -0.3 is 5.11 Å². The molecule has 4 heteroatoms. The average Bonchev–Trinajstić information content (AvgIpc) is 3.08. The van der Waals surface area contributed by atoms with Crippen LogP contribution in [-0.4, -0.2) is 10.8 Å². The van der Waals surface area contributed by atoms with Gasteiger partial charge in [-0.05, 0) is 42.0 Å². The molecule has 0 bridgehead atoms. The lowest BCUT2D eigenvalue weighted by Crippen LogP contribution is -2.18. The number of rotatable bonds is 3. The van der Waals surface area contributed by atoms with E-state index < -0.39 is 0 Å². The van der Waals surface area contributed by atoms with E-state index in [9.17, 15) is 9.50 Å². The van der Waals surface area contributed by atoms with Crippen LogP contribution in [0.5, 0.6) is 5.75 Å². The molecule has 4 rings (SSSR count). The number of anilines is 1. The Hall–Kier alpha value is -3.14. The monoisotopic (exact) mass is 332 g/mol. The second kappa shape index (κ2) is 6.40. The van der Waals surface area contributed by atoms with Crippen molar-refractivity contribution in [3.8, 4) is 5.75 Å². The Labute approximate surface area is 145 Å². The third-order valence-electron chi connectivity index (χ3n) is 4.40. The van der Waals surface area contributed by atoms with E-state index in [0.717, 1.165) is 22.5 Å². The molecule has 0 saturated heterocycles. The van der Waals surface area contributed by atoms with Crippen molar-refractivity contribution in [1.82, 2.24) is 0 Å². The maximum Gasteiger partial charge on any atom is 0.124 e. The number of para-hydroxylation sites is 2. The molecular formula is C21H17FN2O.